The SMILES string of the molecule is CC1(C)OB(c2cc(-c3ccccc3)cc(-c3cccc(-c4ccc(-c5ccccc5)cc4)c3)c2)OC1(C)C. The van der Waals surface area contributed by atoms with Crippen LogP contribution in [-0.4, -0.2) is 18.3 Å². The van der Waals surface area contributed by atoms with E-state index in [-0.39, 0.29) is 0 Å². The van der Waals surface area contributed by atoms with Crippen molar-refractivity contribution >= 4 is 12.6 Å². The van der Waals surface area contributed by atoms with E-state index in [9.17, 15) is 0 Å². The molecule has 0 spiro atoms. The molecule has 5 aromatic rings. The largest absolute Gasteiger partial charge is 0.494 e. The van der Waals surface area contributed by atoms with E-state index < -0.39 is 18.3 Å². The van der Waals surface area contributed by atoms with Crippen LogP contribution < -0.4 is 5.46 Å². The minimum absolute atomic E-state index is 0.396. The third kappa shape index (κ3) is 5.08. The maximum Gasteiger partial charge on any atom is 0.494 e. The van der Waals surface area contributed by atoms with Crippen molar-refractivity contribution in [3.63, 3.8) is 0 Å². The van der Waals surface area contributed by atoms with E-state index in [4.69, 9.17) is 9.31 Å². The van der Waals surface area contributed by atoms with Crippen LogP contribution in [0.3, 0.4) is 0 Å². The predicted octanol–water partition coefficient (Wildman–Crippen LogP) is 8.65. The Labute approximate surface area is 232 Å². The number of benzene rings is 5. The summed E-state index contributed by atoms with van der Waals surface area (Å²) >= 11 is 0. The molecule has 39 heavy (non-hydrogen) atoms. The average molecular weight is 508 g/mol. The molecule has 0 aliphatic carbocycles. The van der Waals surface area contributed by atoms with Crippen molar-refractivity contribution in [2.45, 2.75) is 38.9 Å². The van der Waals surface area contributed by atoms with Crippen LogP contribution in [0.5, 0.6) is 0 Å². The van der Waals surface area contributed by atoms with Gasteiger partial charge in [-0.1, -0.05) is 115 Å². The van der Waals surface area contributed by atoms with Gasteiger partial charge in [-0.25, -0.2) is 0 Å². The molecule has 6 rings (SSSR count). The van der Waals surface area contributed by atoms with E-state index in [1.165, 1.54) is 27.8 Å². The summed E-state index contributed by atoms with van der Waals surface area (Å²) in [7, 11) is -0.425. The molecule has 0 radical (unpaired) electrons. The minimum atomic E-state index is -0.425. The fraction of sp³-hybridized carbons (Fsp3) is 0.167. The van der Waals surface area contributed by atoms with E-state index in [0.29, 0.717) is 0 Å². The third-order valence-corrected chi connectivity index (χ3v) is 8.11. The van der Waals surface area contributed by atoms with Crippen molar-refractivity contribution in [1.29, 1.82) is 0 Å². The van der Waals surface area contributed by atoms with Gasteiger partial charge in [0.25, 0.3) is 0 Å². The van der Waals surface area contributed by atoms with Crippen molar-refractivity contribution in [3.8, 4) is 44.5 Å². The predicted molar refractivity (Wildman–Crippen MR) is 164 cm³/mol. The van der Waals surface area contributed by atoms with Crippen LogP contribution in [-0.2, 0) is 9.31 Å². The molecule has 192 valence electrons. The molecule has 0 atom stereocenters. The number of rotatable bonds is 5. The lowest BCUT2D eigenvalue weighted by Gasteiger charge is -2.32. The molecule has 1 aliphatic heterocycles. The lowest BCUT2D eigenvalue weighted by molar-refractivity contribution is 0.00578. The van der Waals surface area contributed by atoms with E-state index in [0.717, 1.165) is 22.2 Å². The van der Waals surface area contributed by atoms with Gasteiger partial charge in [0.2, 0.25) is 0 Å². The molecule has 1 fully saturated rings. The molecule has 0 amide bonds. The number of hydrogen-bond donors (Lipinski definition) is 0. The van der Waals surface area contributed by atoms with Crippen LogP contribution in [0.15, 0.2) is 127 Å². The summed E-state index contributed by atoms with van der Waals surface area (Å²) in [6, 6.07) is 45.3. The van der Waals surface area contributed by atoms with E-state index in [1.54, 1.807) is 0 Å². The van der Waals surface area contributed by atoms with Gasteiger partial charge in [-0.2, -0.15) is 0 Å². The smallest absolute Gasteiger partial charge is 0.399 e. The molecule has 1 heterocycles. The van der Waals surface area contributed by atoms with E-state index in [1.807, 2.05) is 6.07 Å². The fourth-order valence-electron chi connectivity index (χ4n) is 5.09. The van der Waals surface area contributed by atoms with Gasteiger partial charge in [0.05, 0.1) is 11.2 Å². The summed E-state index contributed by atoms with van der Waals surface area (Å²) in [4.78, 5) is 0. The topological polar surface area (TPSA) is 18.5 Å². The molecule has 0 aromatic heterocycles. The second kappa shape index (κ2) is 10.00. The molecule has 0 unspecified atom stereocenters. The lowest BCUT2D eigenvalue weighted by atomic mass is 9.76. The molecule has 1 saturated heterocycles. The zero-order valence-electron chi connectivity index (χ0n) is 23.0. The van der Waals surface area contributed by atoms with Crippen molar-refractivity contribution < 1.29 is 9.31 Å². The molecule has 0 bridgehead atoms. The van der Waals surface area contributed by atoms with Gasteiger partial charge < -0.3 is 9.31 Å². The van der Waals surface area contributed by atoms with Gasteiger partial charge in [0, 0.05) is 0 Å². The molecular weight excluding hydrogens is 475 g/mol. The molecule has 0 N–H and O–H groups in total. The first-order chi connectivity index (χ1) is 18.8. The van der Waals surface area contributed by atoms with Gasteiger partial charge in [-0.15, -0.1) is 0 Å². The Bertz CT molecular complexity index is 1570. The Hall–Kier alpha value is -3.92. The van der Waals surface area contributed by atoms with Crippen LogP contribution in [0.2, 0.25) is 0 Å². The van der Waals surface area contributed by atoms with Crippen LogP contribution in [0.4, 0.5) is 0 Å². The van der Waals surface area contributed by atoms with E-state index >= 15 is 0 Å². The zero-order valence-corrected chi connectivity index (χ0v) is 23.0. The molecule has 3 heteroatoms. The molecule has 2 nitrogen and oxygen atoms in total. The summed E-state index contributed by atoms with van der Waals surface area (Å²) < 4.78 is 12.9. The molecule has 1 aliphatic rings. The first-order valence-electron chi connectivity index (χ1n) is 13.6. The number of hydrogen-bond acceptors (Lipinski definition) is 2. The molecular formula is C36H33BO2. The Morgan fingerprint density at radius 3 is 1.28 bits per heavy atom. The zero-order chi connectivity index (χ0) is 27.0. The van der Waals surface area contributed by atoms with Gasteiger partial charge >= 0.3 is 7.12 Å². The van der Waals surface area contributed by atoms with Gasteiger partial charge in [-0.05, 0) is 89.8 Å². The average Bonchev–Trinajstić information content (AvgIpc) is 3.20. The summed E-state index contributed by atoms with van der Waals surface area (Å²) in [5.41, 5.74) is 9.70. The Morgan fingerprint density at radius 1 is 0.385 bits per heavy atom. The summed E-state index contributed by atoms with van der Waals surface area (Å²) in [6.07, 6.45) is 0. The van der Waals surface area contributed by atoms with Gasteiger partial charge in [0.15, 0.2) is 0 Å². The van der Waals surface area contributed by atoms with E-state index in [2.05, 4.69) is 149 Å². The Balaban J connectivity index is 1.39. The van der Waals surface area contributed by atoms with Gasteiger partial charge in [-0.3, -0.25) is 0 Å². The van der Waals surface area contributed by atoms with Crippen molar-refractivity contribution in [2.24, 2.45) is 0 Å². The van der Waals surface area contributed by atoms with Gasteiger partial charge in [0.1, 0.15) is 0 Å². The second-order valence-corrected chi connectivity index (χ2v) is 11.3. The van der Waals surface area contributed by atoms with Crippen LogP contribution >= 0.6 is 0 Å². The highest BCUT2D eigenvalue weighted by Gasteiger charge is 2.51. The van der Waals surface area contributed by atoms with Crippen LogP contribution in [0.1, 0.15) is 27.7 Å². The standard InChI is InChI=1S/C36H33BO2/c1-35(2)36(3,4)39-37(38-35)34-24-32(27-14-9-6-10-15-27)23-33(25-34)31-17-11-16-30(22-31)29-20-18-28(19-21-29)26-12-7-5-8-13-26/h5-25H,1-4H3. The quantitative estimate of drug-likeness (QED) is 0.221. The molecule has 0 saturated carbocycles. The lowest BCUT2D eigenvalue weighted by Crippen LogP contribution is -2.41. The monoisotopic (exact) mass is 508 g/mol. The summed E-state index contributed by atoms with van der Waals surface area (Å²) in [6.45, 7) is 8.39. The van der Waals surface area contributed by atoms with Crippen LogP contribution in [0.25, 0.3) is 44.5 Å². The Kier molecular flexibility index (Phi) is 6.50. The third-order valence-electron chi connectivity index (χ3n) is 8.11. The van der Waals surface area contributed by atoms with Crippen molar-refractivity contribution in [2.75, 3.05) is 0 Å². The summed E-state index contributed by atoms with van der Waals surface area (Å²) in [5, 5.41) is 0. The minimum Gasteiger partial charge on any atom is -0.399 e. The highest BCUT2D eigenvalue weighted by Crippen LogP contribution is 2.37. The normalized spacial score (nSPS) is 15.8. The van der Waals surface area contributed by atoms with Crippen molar-refractivity contribution in [1.82, 2.24) is 0 Å². The maximum atomic E-state index is 6.45. The highest BCUT2D eigenvalue weighted by atomic mass is 16.7. The maximum absolute atomic E-state index is 6.45. The van der Waals surface area contributed by atoms with Crippen molar-refractivity contribution in [3.05, 3.63) is 127 Å². The highest BCUT2D eigenvalue weighted by molar-refractivity contribution is 6.62. The Morgan fingerprint density at radius 2 is 0.744 bits per heavy atom. The fourth-order valence-corrected chi connectivity index (χ4v) is 5.09. The first kappa shape index (κ1) is 25.4. The second-order valence-electron chi connectivity index (χ2n) is 11.3. The van der Waals surface area contributed by atoms with Crippen LogP contribution in [0, 0.1) is 0 Å². The first-order valence-corrected chi connectivity index (χ1v) is 13.6. The molecule has 5 aromatic carbocycles. The summed E-state index contributed by atoms with van der Waals surface area (Å²) in [5.74, 6) is 0.